The number of nitrogens with one attached hydrogen (secondary N) is 4. The number of hydrogen-bond donors (Lipinski definition) is 7. The summed E-state index contributed by atoms with van der Waals surface area (Å²) in [5.74, 6) is -2.22. The highest BCUT2D eigenvalue weighted by molar-refractivity contribution is 6.11. The number of rotatable bonds is 8. The lowest BCUT2D eigenvalue weighted by Crippen LogP contribution is -2.17. The third-order valence-corrected chi connectivity index (χ3v) is 7.34. The number of carbonyl (C=O) groups excluding carboxylic acids is 4. The lowest BCUT2D eigenvalue weighted by atomic mass is 10.1. The highest BCUT2D eigenvalue weighted by atomic mass is 16.3. The summed E-state index contributed by atoms with van der Waals surface area (Å²) >= 11 is 0. The van der Waals surface area contributed by atoms with E-state index in [4.69, 9.17) is 11.5 Å². The number of aromatic hydroxyl groups is 1. The fourth-order valence-corrected chi connectivity index (χ4v) is 4.59. The average molecular weight is 629 g/mol. The monoisotopic (exact) mass is 628 g/mol. The molecule has 0 heterocycles. The quantitative estimate of drug-likeness (QED) is 0.0998. The predicted octanol–water partition coefficient (Wildman–Crippen LogP) is 6.18. The van der Waals surface area contributed by atoms with Gasteiger partial charge in [-0.05, 0) is 116 Å². The van der Waals surface area contributed by atoms with Gasteiger partial charge in [0.2, 0.25) is 0 Å². The molecule has 0 atom stereocenters. The van der Waals surface area contributed by atoms with E-state index in [0.29, 0.717) is 45.3 Å². The Morgan fingerprint density at radius 3 is 1.36 bits per heavy atom. The van der Waals surface area contributed by atoms with Crippen LogP contribution in [0.3, 0.4) is 0 Å². The first-order valence-corrected chi connectivity index (χ1v) is 14.5. The van der Waals surface area contributed by atoms with E-state index >= 15 is 0 Å². The van der Waals surface area contributed by atoms with Gasteiger partial charge in [0, 0.05) is 50.8 Å². The van der Waals surface area contributed by atoms with Crippen molar-refractivity contribution in [1.29, 1.82) is 0 Å². The van der Waals surface area contributed by atoms with Gasteiger partial charge in [0.05, 0.1) is 5.56 Å². The molecule has 236 valence electrons. The summed E-state index contributed by atoms with van der Waals surface area (Å²) in [7, 11) is 0. The lowest BCUT2D eigenvalue weighted by Gasteiger charge is -2.14. The summed E-state index contributed by atoms with van der Waals surface area (Å²) in [5.41, 5.74) is 16.6. The van der Waals surface area contributed by atoms with Crippen LogP contribution in [0.2, 0.25) is 0 Å². The fourth-order valence-electron chi connectivity index (χ4n) is 4.59. The van der Waals surface area contributed by atoms with Crippen LogP contribution in [0.5, 0.6) is 5.75 Å². The van der Waals surface area contributed by atoms with Crippen LogP contribution in [0.1, 0.15) is 52.6 Å². The van der Waals surface area contributed by atoms with Crippen molar-refractivity contribution in [2.45, 2.75) is 13.8 Å². The molecule has 0 bridgehead atoms. The van der Waals surface area contributed by atoms with Gasteiger partial charge in [-0.3, -0.25) is 19.2 Å². The Hall–Kier alpha value is -6.62. The van der Waals surface area contributed by atoms with Gasteiger partial charge in [0.25, 0.3) is 23.6 Å². The molecule has 47 heavy (non-hydrogen) atoms. The van der Waals surface area contributed by atoms with E-state index in [2.05, 4.69) is 21.3 Å². The van der Waals surface area contributed by atoms with Crippen LogP contribution in [0.15, 0.2) is 103 Å². The van der Waals surface area contributed by atoms with Gasteiger partial charge in [-0.1, -0.05) is 12.1 Å². The number of nitrogens with two attached hydrogens (primary N) is 2. The van der Waals surface area contributed by atoms with Crippen LogP contribution < -0.4 is 32.7 Å². The molecule has 0 saturated carbocycles. The molecule has 0 unspecified atom stereocenters. The third-order valence-electron chi connectivity index (χ3n) is 7.34. The van der Waals surface area contributed by atoms with E-state index < -0.39 is 11.8 Å². The van der Waals surface area contributed by atoms with Crippen molar-refractivity contribution in [2.75, 3.05) is 32.7 Å². The van der Waals surface area contributed by atoms with E-state index in [1.54, 1.807) is 84.9 Å². The second-order valence-electron chi connectivity index (χ2n) is 10.9. The molecule has 4 amide bonds. The van der Waals surface area contributed by atoms with Crippen LogP contribution >= 0.6 is 0 Å². The standard InChI is InChI=1S/C36H32N6O5/c1-20-3-14-27(18-30(20)41-33(44)22-5-10-25(37)11-6-22)39-35(46)24-9-16-32(43)29(17-24)36(47)40-28-15-4-21(2)31(19-28)42-34(45)23-7-12-26(38)13-8-23/h3-19,43H,37-38H2,1-2H3,(H,39,46)(H,40,47)(H,41,44)(H,42,45). The minimum atomic E-state index is -0.667. The summed E-state index contributed by atoms with van der Waals surface area (Å²) < 4.78 is 0. The molecule has 0 aliphatic heterocycles. The number of phenols is 1. The van der Waals surface area contributed by atoms with Crippen LogP contribution in [0, 0.1) is 13.8 Å². The number of carbonyl (C=O) groups is 4. The second-order valence-corrected chi connectivity index (χ2v) is 10.9. The van der Waals surface area contributed by atoms with Gasteiger partial charge in [-0.15, -0.1) is 0 Å². The largest absolute Gasteiger partial charge is 0.507 e. The van der Waals surface area contributed by atoms with Crippen molar-refractivity contribution in [1.82, 2.24) is 0 Å². The smallest absolute Gasteiger partial charge is 0.259 e. The van der Waals surface area contributed by atoms with Crippen molar-refractivity contribution in [2.24, 2.45) is 0 Å². The molecule has 11 nitrogen and oxygen atoms in total. The molecule has 0 fully saturated rings. The number of aryl methyl sites for hydroxylation is 2. The Bertz CT molecular complexity index is 2010. The van der Waals surface area contributed by atoms with Gasteiger partial charge >= 0.3 is 0 Å². The molecule has 0 aliphatic rings. The zero-order valence-electron chi connectivity index (χ0n) is 25.5. The summed E-state index contributed by atoms with van der Waals surface area (Å²) in [5, 5.41) is 21.6. The highest BCUT2D eigenvalue weighted by Gasteiger charge is 2.17. The highest BCUT2D eigenvalue weighted by Crippen LogP contribution is 2.26. The minimum Gasteiger partial charge on any atom is -0.507 e. The Balaban J connectivity index is 1.28. The van der Waals surface area contributed by atoms with Gasteiger partial charge < -0.3 is 37.8 Å². The first-order valence-electron chi connectivity index (χ1n) is 14.5. The number of benzene rings is 5. The zero-order valence-corrected chi connectivity index (χ0v) is 25.5. The zero-order chi connectivity index (χ0) is 33.7. The van der Waals surface area contributed by atoms with E-state index in [1.165, 1.54) is 18.2 Å². The van der Waals surface area contributed by atoms with E-state index in [9.17, 15) is 24.3 Å². The number of anilines is 6. The van der Waals surface area contributed by atoms with Gasteiger partial charge in [-0.2, -0.15) is 0 Å². The second kappa shape index (κ2) is 13.6. The first kappa shape index (κ1) is 31.8. The molecule has 11 heteroatoms. The number of amides is 4. The van der Waals surface area contributed by atoms with Crippen molar-refractivity contribution < 1.29 is 24.3 Å². The van der Waals surface area contributed by atoms with Crippen molar-refractivity contribution in [3.05, 3.63) is 137 Å². The van der Waals surface area contributed by atoms with Crippen LogP contribution in [-0.2, 0) is 0 Å². The predicted molar refractivity (Wildman–Crippen MR) is 184 cm³/mol. The molecule has 0 spiro atoms. The van der Waals surface area contributed by atoms with Crippen molar-refractivity contribution in [3.63, 3.8) is 0 Å². The van der Waals surface area contributed by atoms with Crippen LogP contribution in [0.25, 0.3) is 0 Å². The van der Waals surface area contributed by atoms with E-state index in [1.807, 2.05) is 13.8 Å². The molecule has 5 aromatic rings. The van der Waals surface area contributed by atoms with Gasteiger partial charge in [0.15, 0.2) is 0 Å². The SMILES string of the molecule is Cc1ccc(NC(=O)c2ccc(O)c(C(=O)Nc3ccc(C)c(NC(=O)c4ccc(N)cc4)c3)c2)cc1NC(=O)c1ccc(N)cc1. The Morgan fingerprint density at radius 2 is 0.894 bits per heavy atom. The molecule has 0 radical (unpaired) electrons. The maximum Gasteiger partial charge on any atom is 0.259 e. The molecule has 0 saturated heterocycles. The molecule has 9 N–H and O–H groups in total. The minimum absolute atomic E-state index is 0.112. The molecular formula is C36H32N6O5. The Morgan fingerprint density at radius 1 is 0.489 bits per heavy atom. The van der Waals surface area contributed by atoms with Crippen LogP contribution in [0.4, 0.5) is 34.1 Å². The number of hydrogen-bond acceptors (Lipinski definition) is 7. The maximum atomic E-state index is 13.2. The third kappa shape index (κ3) is 7.73. The number of phenolic OH excluding ortho intramolecular Hbond substituents is 1. The van der Waals surface area contributed by atoms with Crippen molar-refractivity contribution >= 4 is 57.8 Å². The Kier molecular flexibility index (Phi) is 9.18. The summed E-state index contributed by atoms with van der Waals surface area (Å²) in [6.45, 7) is 3.63. The van der Waals surface area contributed by atoms with Gasteiger partial charge in [0.1, 0.15) is 5.75 Å². The number of nitrogen functional groups attached to an aromatic ring is 2. The summed E-state index contributed by atoms with van der Waals surface area (Å²) in [4.78, 5) is 51.8. The molecular weight excluding hydrogens is 596 g/mol. The van der Waals surface area contributed by atoms with Crippen LogP contribution in [-0.4, -0.2) is 28.7 Å². The topological polar surface area (TPSA) is 189 Å². The summed E-state index contributed by atoms with van der Waals surface area (Å²) in [6, 6.07) is 26.9. The molecule has 0 aromatic heterocycles. The maximum absolute atomic E-state index is 13.2. The van der Waals surface area contributed by atoms with Gasteiger partial charge in [-0.25, -0.2) is 0 Å². The fraction of sp³-hybridized carbons (Fsp3) is 0.0556. The summed E-state index contributed by atoms with van der Waals surface area (Å²) in [6.07, 6.45) is 0. The van der Waals surface area contributed by atoms with Crippen molar-refractivity contribution in [3.8, 4) is 5.75 Å². The van der Waals surface area contributed by atoms with E-state index in [0.717, 1.165) is 11.1 Å². The first-order chi connectivity index (χ1) is 22.5. The Labute approximate surface area is 270 Å². The molecule has 0 aliphatic carbocycles. The normalized spacial score (nSPS) is 10.5. The van der Waals surface area contributed by atoms with E-state index in [-0.39, 0.29) is 28.7 Å². The molecule has 5 aromatic carbocycles. The average Bonchev–Trinajstić information content (AvgIpc) is 3.05. The lowest BCUT2D eigenvalue weighted by molar-refractivity contribution is 0.101. The molecule has 5 rings (SSSR count).